The standard InChI is InChI=1S/C32H46N4O7/c1-6-32(42)14-11-23-21-8-7-19-15-20(9-12-30(19,4)22(21)10-13-31(23,32)5)36-43-17-26(38)35-27(18(2)3)28(39)34-24(29(40)41)16-25(33)37/h1,15,18,21-24,27,42H,7-14,16-17H2,2-5H3,(H2,33,37)(H,34,39)(H,35,38)(H,40,41)/b36-20-/t21-,22+,23-,24-,27+,30+,31+,32-/m1/s1. The highest BCUT2D eigenvalue weighted by Gasteiger charge is 2.63. The Bertz CT molecular complexity index is 1250. The number of allylic oxidation sites excluding steroid dienone is 2. The monoisotopic (exact) mass is 598 g/mol. The number of carbonyl (C=O) groups is 4. The van der Waals surface area contributed by atoms with E-state index in [0.717, 1.165) is 44.2 Å². The average Bonchev–Trinajstić information content (AvgIpc) is 3.21. The minimum Gasteiger partial charge on any atom is -0.480 e. The molecule has 0 aromatic rings. The van der Waals surface area contributed by atoms with E-state index in [2.05, 4.69) is 41.6 Å². The number of hydrogen-bond acceptors (Lipinski definition) is 7. The lowest BCUT2D eigenvalue weighted by Gasteiger charge is -2.58. The number of oxime groups is 1. The van der Waals surface area contributed by atoms with Crippen LogP contribution in [0.25, 0.3) is 0 Å². The van der Waals surface area contributed by atoms with Crippen molar-refractivity contribution in [1.29, 1.82) is 0 Å². The molecule has 4 aliphatic carbocycles. The summed E-state index contributed by atoms with van der Waals surface area (Å²) in [6.45, 7) is 7.54. The molecule has 0 spiro atoms. The molecule has 236 valence electrons. The molecule has 3 saturated carbocycles. The zero-order valence-electron chi connectivity index (χ0n) is 25.7. The molecule has 8 atom stereocenters. The van der Waals surface area contributed by atoms with Gasteiger partial charge in [0.15, 0.2) is 6.61 Å². The fourth-order valence-corrected chi connectivity index (χ4v) is 8.48. The van der Waals surface area contributed by atoms with Gasteiger partial charge in [-0.25, -0.2) is 4.79 Å². The van der Waals surface area contributed by atoms with Gasteiger partial charge in [-0.1, -0.05) is 44.3 Å². The van der Waals surface area contributed by atoms with Crippen molar-refractivity contribution in [2.45, 2.75) is 103 Å². The highest BCUT2D eigenvalue weighted by molar-refractivity contribution is 5.96. The normalized spacial score (nSPS) is 35.3. The number of amides is 3. The first-order valence-electron chi connectivity index (χ1n) is 15.4. The lowest BCUT2D eigenvalue weighted by molar-refractivity contribution is -0.144. The third kappa shape index (κ3) is 6.17. The van der Waals surface area contributed by atoms with E-state index in [1.807, 2.05) is 0 Å². The van der Waals surface area contributed by atoms with Gasteiger partial charge >= 0.3 is 5.97 Å². The molecule has 6 N–H and O–H groups in total. The summed E-state index contributed by atoms with van der Waals surface area (Å²) < 4.78 is 0. The van der Waals surface area contributed by atoms with E-state index in [1.54, 1.807) is 13.8 Å². The summed E-state index contributed by atoms with van der Waals surface area (Å²) in [6, 6.07) is -2.53. The highest BCUT2D eigenvalue weighted by Crippen LogP contribution is 2.67. The molecule has 0 unspecified atom stereocenters. The summed E-state index contributed by atoms with van der Waals surface area (Å²) >= 11 is 0. The third-order valence-electron chi connectivity index (χ3n) is 11.0. The quantitative estimate of drug-likeness (QED) is 0.189. The summed E-state index contributed by atoms with van der Waals surface area (Å²) in [7, 11) is 0. The van der Waals surface area contributed by atoms with E-state index >= 15 is 0 Å². The van der Waals surface area contributed by atoms with Crippen LogP contribution in [-0.4, -0.2) is 63.9 Å². The number of nitrogens with one attached hydrogen (secondary N) is 2. The van der Waals surface area contributed by atoms with Crippen LogP contribution < -0.4 is 16.4 Å². The Labute approximate surface area is 253 Å². The second kappa shape index (κ2) is 12.3. The van der Waals surface area contributed by atoms with E-state index in [-0.39, 0.29) is 16.7 Å². The lowest BCUT2D eigenvalue weighted by atomic mass is 9.46. The van der Waals surface area contributed by atoms with Crippen LogP contribution in [-0.2, 0) is 24.0 Å². The molecule has 0 radical (unpaired) electrons. The largest absolute Gasteiger partial charge is 0.480 e. The molecular formula is C32H46N4O7. The first kappa shape index (κ1) is 32.5. The van der Waals surface area contributed by atoms with E-state index in [4.69, 9.17) is 17.0 Å². The zero-order chi connectivity index (χ0) is 31.7. The van der Waals surface area contributed by atoms with Crippen molar-refractivity contribution in [2.75, 3.05) is 6.61 Å². The Balaban J connectivity index is 1.35. The molecule has 0 saturated heterocycles. The van der Waals surface area contributed by atoms with Crippen LogP contribution in [0.5, 0.6) is 0 Å². The van der Waals surface area contributed by atoms with Gasteiger partial charge in [-0.2, -0.15) is 0 Å². The topological polar surface area (TPSA) is 180 Å². The van der Waals surface area contributed by atoms with E-state index in [1.165, 1.54) is 5.57 Å². The van der Waals surface area contributed by atoms with Gasteiger partial charge in [0, 0.05) is 5.41 Å². The number of carboxylic acid groups (broad SMARTS) is 1. The fourth-order valence-electron chi connectivity index (χ4n) is 8.48. The van der Waals surface area contributed by atoms with E-state index in [0.29, 0.717) is 30.6 Å². The third-order valence-corrected chi connectivity index (χ3v) is 11.0. The van der Waals surface area contributed by atoms with Gasteiger partial charge in [-0.3, -0.25) is 14.4 Å². The molecule has 3 fully saturated rings. The molecule has 0 bridgehead atoms. The first-order valence-corrected chi connectivity index (χ1v) is 15.4. The van der Waals surface area contributed by atoms with E-state index in [9.17, 15) is 29.4 Å². The Morgan fingerprint density at radius 3 is 2.44 bits per heavy atom. The number of fused-ring (bicyclic) bond motifs is 5. The Morgan fingerprint density at radius 2 is 1.81 bits per heavy atom. The van der Waals surface area contributed by atoms with Gasteiger partial charge < -0.3 is 31.4 Å². The van der Waals surface area contributed by atoms with Crippen LogP contribution in [0.15, 0.2) is 16.8 Å². The maximum absolute atomic E-state index is 12.7. The Hall–Kier alpha value is -3.39. The van der Waals surface area contributed by atoms with Gasteiger partial charge in [-0.05, 0) is 86.5 Å². The molecular weight excluding hydrogens is 552 g/mol. The minimum atomic E-state index is -1.49. The van der Waals surface area contributed by atoms with Crippen LogP contribution in [0.2, 0.25) is 0 Å². The Morgan fingerprint density at radius 1 is 1.12 bits per heavy atom. The number of hydrogen-bond donors (Lipinski definition) is 5. The van der Waals surface area contributed by atoms with Gasteiger partial charge in [0.2, 0.25) is 11.8 Å². The molecule has 11 heteroatoms. The lowest BCUT2D eigenvalue weighted by Crippen LogP contribution is -2.54. The summed E-state index contributed by atoms with van der Waals surface area (Å²) in [4.78, 5) is 53.2. The van der Waals surface area contributed by atoms with Crippen molar-refractivity contribution >= 4 is 29.4 Å². The van der Waals surface area contributed by atoms with Gasteiger partial charge in [0.25, 0.3) is 5.91 Å². The molecule has 0 aliphatic heterocycles. The van der Waals surface area contributed by atoms with Crippen LogP contribution in [0.1, 0.15) is 85.5 Å². The average molecular weight is 599 g/mol. The van der Waals surface area contributed by atoms with E-state index < -0.39 is 54.4 Å². The molecule has 0 aromatic heterocycles. The second-order valence-electron chi connectivity index (χ2n) is 13.7. The van der Waals surface area contributed by atoms with Crippen LogP contribution >= 0.6 is 0 Å². The van der Waals surface area contributed by atoms with Gasteiger partial charge in [-0.15, -0.1) is 6.42 Å². The number of aliphatic hydroxyl groups is 1. The number of carbonyl (C=O) groups excluding carboxylic acids is 3. The number of nitrogens with zero attached hydrogens (tertiary/aromatic N) is 1. The van der Waals surface area contributed by atoms with Crippen LogP contribution in [0.3, 0.4) is 0 Å². The molecule has 3 amide bonds. The van der Waals surface area contributed by atoms with Gasteiger partial charge in [0.05, 0.1) is 12.1 Å². The zero-order valence-corrected chi connectivity index (χ0v) is 25.7. The summed E-state index contributed by atoms with van der Waals surface area (Å²) in [5.41, 5.74) is 6.03. The molecule has 0 aromatic carbocycles. The number of primary amides is 1. The molecule has 0 heterocycles. The Kier molecular flexibility index (Phi) is 9.31. The van der Waals surface area contributed by atoms with Gasteiger partial charge in [0.1, 0.15) is 17.7 Å². The maximum atomic E-state index is 12.7. The smallest absolute Gasteiger partial charge is 0.326 e. The number of terminal acetylenes is 1. The number of nitrogens with two attached hydrogens (primary N) is 1. The predicted octanol–water partition coefficient (Wildman–Crippen LogP) is 2.27. The van der Waals surface area contributed by atoms with Crippen LogP contribution in [0, 0.1) is 46.8 Å². The molecule has 4 aliphatic rings. The fraction of sp³-hybridized carbons (Fsp3) is 0.719. The second-order valence-corrected chi connectivity index (χ2v) is 13.7. The van der Waals surface area contributed by atoms with Crippen molar-refractivity contribution in [1.82, 2.24) is 10.6 Å². The summed E-state index contributed by atoms with van der Waals surface area (Å²) in [5.74, 6) is 0.285. The number of carboxylic acids is 1. The minimum absolute atomic E-state index is 0.0532. The summed E-state index contributed by atoms with van der Waals surface area (Å²) in [6.07, 6.45) is 14.7. The predicted molar refractivity (Wildman–Crippen MR) is 159 cm³/mol. The van der Waals surface area contributed by atoms with Crippen molar-refractivity contribution in [3.63, 3.8) is 0 Å². The first-order chi connectivity index (χ1) is 20.1. The molecule has 11 nitrogen and oxygen atoms in total. The molecule has 43 heavy (non-hydrogen) atoms. The number of rotatable bonds is 10. The van der Waals surface area contributed by atoms with Crippen molar-refractivity contribution in [3.8, 4) is 12.3 Å². The summed E-state index contributed by atoms with van der Waals surface area (Å²) in [5, 5.41) is 29.6. The van der Waals surface area contributed by atoms with Crippen molar-refractivity contribution in [2.24, 2.45) is 45.4 Å². The van der Waals surface area contributed by atoms with Crippen molar-refractivity contribution in [3.05, 3.63) is 11.6 Å². The SMILES string of the molecule is C#C[C@@]1(O)CC[C@@H]2[C@@H]3CCC4=C/C(=N\OCC(=O)N[C@H](C(=O)N[C@H](CC(N)=O)C(=O)O)C(C)C)CC[C@]4(C)[C@H]3CC[C@@]21C. The van der Waals surface area contributed by atoms with Crippen molar-refractivity contribution < 1.29 is 34.2 Å². The van der Waals surface area contributed by atoms with Crippen LogP contribution in [0.4, 0.5) is 0 Å². The highest BCUT2D eigenvalue weighted by atomic mass is 16.6. The number of aliphatic carboxylic acids is 1. The maximum Gasteiger partial charge on any atom is 0.326 e. The molecule has 4 rings (SSSR count).